The maximum atomic E-state index is 9.14. The summed E-state index contributed by atoms with van der Waals surface area (Å²) in [5.41, 5.74) is 1.46. The Labute approximate surface area is 103 Å². The average molecular weight is 239 g/mol. The molecular weight excluding hydrogens is 218 g/mol. The Hall–Kier alpha value is -1.13. The lowest BCUT2D eigenvalue weighted by Crippen LogP contribution is -2.09. The highest BCUT2D eigenvalue weighted by atomic mass is 16.5. The molecule has 0 radical (unpaired) electrons. The molecule has 0 aliphatic rings. The Kier molecular flexibility index (Phi) is 6.58. The number of aliphatic hydroxyl groups is 1. The average Bonchev–Trinajstić information content (AvgIpc) is 2.35. The quantitative estimate of drug-likeness (QED) is 0.706. The summed E-state index contributed by atoms with van der Waals surface area (Å²) in [7, 11) is 0. The van der Waals surface area contributed by atoms with Gasteiger partial charge in [-0.3, -0.25) is 4.98 Å². The van der Waals surface area contributed by atoms with Crippen LogP contribution in [0.25, 0.3) is 0 Å². The van der Waals surface area contributed by atoms with Crippen LogP contribution in [-0.4, -0.2) is 29.9 Å². The van der Waals surface area contributed by atoms with Crippen LogP contribution >= 0.6 is 0 Å². The summed E-state index contributed by atoms with van der Waals surface area (Å²) in [5.74, 6) is 0.636. The smallest absolute Gasteiger partial charge is 0.143 e. The van der Waals surface area contributed by atoms with Gasteiger partial charge in [-0.25, -0.2) is 0 Å². The van der Waals surface area contributed by atoms with Crippen LogP contribution in [0.5, 0.6) is 5.75 Å². The Balaban J connectivity index is 2.31. The van der Waals surface area contributed by atoms with Gasteiger partial charge in [0.05, 0.1) is 13.2 Å². The Morgan fingerprint density at radius 3 is 2.76 bits per heavy atom. The third kappa shape index (κ3) is 5.15. The van der Waals surface area contributed by atoms with E-state index in [4.69, 9.17) is 14.6 Å². The summed E-state index contributed by atoms with van der Waals surface area (Å²) in [6.07, 6.45) is 2.21. The summed E-state index contributed by atoms with van der Waals surface area (Å²) in [6, 6.07) is 3.70. The van der Waals surface area contributed by atoms with E-state index in [1.165, 1.54) is 0 Å². The fraction of sp³-hybridized carbons (Fsp3) is 0.615. The predicted molar refractivity (Wildman–Crippen MR) is 66.1 cm³/mol. The highest BCUT2D eigenvalue weighted by Crippen LogP contribution is 2.16. The number of rotatable bonds is 8. The Morgan fingerprint density at radius 2 is 2.06 bits per heavy atom. The second-order valence-corrected chi connectivity index (χ2v) is 3.87. The molecule has 4 nitrogen and oxygen atoms in total. The molecule has 1 heterocycles. The molecular formula is C13H21NO3. The number of ether oxygens (including phenoxy) is 2. The van der Waals surface area contributed by atoms with Gasteiger partial charge in [0.2, 0.25) is 0 Å². The van der Waals surface area contributed by atoms with E-state index < -0.39 is 0 Å². The Morgan fingerprint density at radius 1 is 1.24 bits per heavy atom. The first-order chi connectivity index (χ1) is 8.27. The number of unbranched alkanes of at least 4 members (excludes halogenated alkanes) is 1. The number of hydrogen-bond acceptors (Lipinski definition) is 4. The molecule has 1 rings (SSSR count). The molecule has 0 spiro atoms. The lowest BCUT2D eigenvalue weighted by Gasteiger charge is -2.10. The van der Waals surface area contributed by atoms with Gasteiger partial charge in [-0.1, -0.05) is 13.3 Å². The van der Waals surface area contributed by atoms with Gasteiger partial charge in [0.1, 0.15) is 18.1 Å². The molecule has 0 fully saturated rings. The summed E-state index contributed by atoms with van der Waals surface area (Å²) in [4.78, 5) is 4.20. The van der Waals surface area contributed by atoms with E-state index in [0.29, 0.717) is 24.7 Å². The van der Waals surface area contributed by atoms with E-state index in [-0.39, 0.29) is 6.61 Å². The van der Waals surface area contributed by atoms with Crippen LogP contribution in [0.1, 0.15) is 31.2 Å². The van der Waals surface area contributed by atoms with Crippen LogP contribution in [0.2, 0.25) is 0 Å². The van der Waals surface area contributed by atoms with E-state index in [1.54, 1.807) is 0 Å². The zero-order valence-corrected chi connectivity index (χ0v) is 10.6. The fourth-order valence-corrected chi connectivity index (χ4v) is 1.40. The maximum absolute atomic E-state index is 9.14. The second-order valence-electron chi connectivity index (χ2n) is 3.87. The molecule has 0 aliphatic heterocycles. The number of pyridine rings is 1. The third-order valence-corrected chi connectivity index (χ3v) is 2.35. The van der Waals surface area contributed by atoms with E-state index in [1.807, 2.05) is 19.1 Å². The molecule has 0 amide bonds. The molecule has 96 valence electrons. The lowest BCUT2D eigenvalue weighted by atomic mass is 10.3. The molecule has 0 aromatic carbocycles. The molecule has 0 bridgehead atoms. The first-order valence-electron chi connectivity index (χ1n) is 6.05. The standard InChI is InChI=1S/C13H21NO3/c1-3-4-7-16-8-9-17-13-6-5-11(2)14-12(13)10-15/h5-6,15H,3-4,7-10H2,1-2H3. The van der Waals surface area contributed by atoms with Crippen molar-refractivity contribution in [2.45, 2.75) is 33.3 Å². The van der Waals surface area contributed by atoms with Crippen molar-refractivity contribution in [3.63, 3.8) is 0 Å². The van der Waals surface area contributed by atoms with Crippen molar-refractivity contribution in [1.82, 2.24) is 4.98 Å². The lowest BCUT2D eigenvalue weighted by molar-refractivity contribution is 0.0969. The van der Waals surface area contributed by atoms with Gasteiger partial charge in [-0.15, -0.1) is 0 Å². The molecule has 1 aromatic heterocycles. The largest absolute Gasteiger partial charge is 0.489 e. The molecule has 1 N–H and O–H groups in total. The summed E-state index contributed by atoms with van der Waals surface area (Å²) in [5, 5.41) is 9.14. The van der Waals surface area contributed by atoms with Gasteiger partial charge in [0.15, 0.2) is 0 Å². The fourth-order valence-electron chi connectivity index (χ4n) is 1.40. The zero-order valence-electron chi connectivity index (χ0n) is 10.6. The predicted octanol–water partition coefficient (Wildman–Crippen LogP) is 2.08. The molecule has 4 heteroatoms. The number of aliphatic hydroxyl groups excluding tert-OH is 1. The van der Waals surface area contributed by atoms with Gasteiger partial charge in [0, 0.05) is 12.3 Å². The van der Waals surface area contributed by atoms with E-state index in [0.717, 1.165) is 25.1 Å². The Bertz CT molecular complexity index is 328. The zero-order chi connectivity index (χ0) is 12.5. The van der Waals surface area contributed by atoms with Crippen molar-refractivity contribution in [2.75, 3.05) is 19.8 Å². The van der Waals surface area contributed by atoms with Crippen LogP contribution in [-0.2, 0) is 11.3 Å². The van der Waals surface area contributed by atoms with Gasteiger partial charge in [0.25, 0.3) is 0 Å². The number of aryl methyl sites for hydroxylation is 1. The van der Waals surface area contributed by atoms with Gasteiger partial charge in [-0.05, 0) is 25.5 Å². The van der Waals surface area contributed by atoms with Crippen LogP contribution in [0.4, 0.5) is 0 Å². The van der Waals surface area contributed by atoms with E-state index >= 15 is 0 Å². The van der Waals surface area contributed by atoms with Gasteiger partial charge < -0.3 is 14.6 Å². The first-order valence-corrected chi connectivity index (χ1v) is 6.05. The summed E-state index contributed by atoms with van der Waals surface area (Å²) in [6.45, 7) is 5.74. The minimum absolute atomic E-state index is 0.103. The number of hydrogen-bond donors (Lipinski definition) is 1. The van der Waals surface area contributed by atoms with Crippen molar-refractivity contribution < 1.29 is 14.6 Å². The minimum atomic E-state index is -0.103. The first kappa shape index (κ1) is 13.9. The van der Waals surface area contributed by atoms with Gasteiger partial charge >= 0.3 is 0 Å². The van der Waals surface area contributed by atoms with Crippen LogP contribution in [0, 0.1) is 6.92 Å². The molecule has 17 heavy (non-hydrogen) atoms. The van der Waals surface area contributed by atoms with Crippen molar-refractivity contribution in [1.29, 1.82) is 0 Å². The normalized spacial score (nSPS) is 10.5. The number of nitrogens with zero attached hydrogens (tertiary/aromatic N) is 1. The van der Waals surface area contributed by atoms with Crippen LogP contribution < -0.4 is 4.74 Å². The third-order valence-electron chi connectivity index (χ3n) is 2.35. The van der Waals surface area contributed by atoms with Crippen molar-refractivity contribution in [3.05, 3.63) is 23.5 Å². The molecule has 0 saturated heterocycles. The molecule has 1 aromatic rings. The van der Waals surface area contributed by atoms with Crippen LogP contribution in [0.3, 0.4) is 0 Å². The van der Waals surface area contributed by atoms with Crippen LogP contribution in [0.15, 0.2) is 12.1 Å². The summed E-state index contributed by atoms with van der Waals surface area (Å²) >= 11 is 0. The topological polar surface area (TPSA) is 51.6 Å². The second kappa shape index (κ2) is 8.03. The monoisotopic (exact) mass is 239 g/mol. The molecule has 0 aliphatic carbocycles. The number of aromatic nitrogens is 1. The van der Waals surface area contributed by atoms with Crippen molar-refractivity contribution in [2.24, 2.45) is 0 Å². The van der Waals surface area contributed by atoms with Crippen molar-refractivity contribution >= 4 is 0 Å². The minimum Gasteiger partial charge on any atom is -0.489 e. The van der Waals surface area contributed by atoms with Gasteiger partial charge in [-0.2, -0.15) is 0 Å². The highest BCUT2D eigenvalue weighted by molar-refractivity contribution is 5.28. The molecule has 0 unspecified atom stereocenters. The maximum Gasteiger partial charge on any atom is 0.143 e. The van der Waals surface area contributed by atoms with E-state index in [2.05, 4.69) is 11.9 Å². The molecule has 0 saturated carbocycles. The molecule has 0 atom stereocenters. The highest BCUT2D eigenvalue weighted by Gasteiger charge is 2.04. The summed E-state index contributed by atoms with van der Waals surface area (Å²) < 4.78 is 10.9. The van der Waals surface area contributed by atoms with Crippen molar-refractivity contribution in [3.8, 4) is 5.75 Å². The SMILES string of the molecule is CCCCOCCOc1ccc(C)nc1CO. The van der Waals surface area contributed by atoms with E-state index in [9.17, 15) is 0 Å².